The summed E-state index contributed by atoms with van der Waals surface area (Å²) in [4.78, 5) is 19.8. The van der Waals surface area contributed by atoms with Crippen LogP contribution in [0.15, 0.2) is 71.4 Å². The molecule has 0 amide bonds. The molecule has 0 saturated heterocycles. The largest absolute Gasteiger partial charge is 0.355 e. The van der Waals surface area contributed by atoms with Gasteiger partial charge in [-0.25, -0.2) is 4.98 Å². The fourth-order valence-electron chi connectivity index (χ4n) is 5.00. The zero-order valence-electron chi connectivity index (χ0n) is 19.9. The van der Waals surface area contributed by atoms with Crippen molar-refractivity contribution < 1.29 is 0 Å². The molecule has 7 heterocycles. The predicted molar refractivity (Wildman–Crippen MR) is 153 cm³/mol. The summed E-state index contributed by atoms with van der Waals surface area (Å²) >= 11 is 3.51. The zero-order valence-corrected chi connectivity index (χ0v) is 21.6. The lowest BCUT2D eigenvalue weighted by Crippen LogP contribution is -1.95. The molecule has 176 valence electrons. The minimum atomic E-state index is 0.329. The van der Waals surface area contributed by atoms with E-state index < -0.39 is 0 Å². The Hall–Kier alpha value is -3.74. The number of hydrogen-bond donors (Lipinski definition) is 2. The third-order valence-electron chi connectivity index (χ3n) is 7.13. The van der Waals surface area contributed by atoms with Gasteiger partial charge in [0.15, 0.2) is 0 Å². The molecule has 7 rings (SSSR count). The minimum Gasteiger partial charge on any atom is -0.355 e. The number of aromatic nitrogens is 4. The lowest BCUT2D eigenvalue weighted by molar-refractivity contribution is 0.655. The molecule has 6 heteroatoms. The second kappa shape index (κ2) is 8.43. The first-order valence-corrected chi connectivity index (χ1v) is 13.9. The molecule has 8 bridgehead atoms. The maximum Gasteiger partial charge on any atom is 0.0658 e. The van der Waals surface area contributed by atoms with Crippen molar-refractivity contribution in [2.45, 2.75) is 25.7 Å². The fourth-order valence-corrected chi connectivity index (χ4v) is 6.51. The molecule has 0 fully saturated rings. The maximum absolute atomic E-state index is 5.13. The number of hydrogen-bond acceptors (Lipinski definition) is 4. The lowest BCUT2D eigenvalue weighted by atomic mass is 9.93. The van der Waals surface area contributed by atoms with Crippen molar-refractivity contribution >= 4 is 56.9 Å². The summed E-state index contributed by atoms with van der Waals surface area (Å²) < 4.78 is 0. The highest BCUT2D eigenvalue weighted by atomic mass is 32.1. The van der Waals surface area contributed by atoms with Crippen LogP contribution in [0.2, 0.25) is 0 Å². The Kier molecular flexibility index (Phi) is 5.04. The summed E-state index contributed by atoms with van der Waals surface area (Å²) in [6, 6.07) is 21.7. The van der Waals surface area contributed by atoms with E-state index in [1.54, 1.807) is 22.7 Å². The summed E-state index contributed by atoms with van der Waals surface area (Å²) in [7, 11) is 0. The highest BCUT2D eigenvalue weighted by Gasteiger charge is 2.25. The average molecular weight is 505 g/mol. The van der Waals surface area contributed by atoms with Gasteiger partial charge in [0, 0.05) is 66.2 Å². The van der Waals surface area contributed by atoms with Crippen LogP contribution in [0.5, 0.6) is 0 Å². The molecule has 2 N–H and O–H groups in total. The minimum absolute atomic E-state index is 0.329. The Morgan fingerprint density at radius 2 is 1.19 bits per heavy atom. The van der Waals surface area contributed by atoms with Crippen LogP contribution in [0.1, 0.15) is 48.5 Å². The third-order valence-corrected chi connectivity index (χ3v) is 8.93. The molecule has 2 aliphatic heterocycles. The van der Waals surface area contributed by atoms with E-state index >= 15 is 0 Å². The molecule has 2 atom stereocenters. The van der Waals surface area contributed by atoms with Crippen molar-refractivity contribution in [1.29, 1.82) is 0 Å². The van der Waals surface area contributed by atoms with Crippen LogP contribution in [-0.2, 0) is 0 Å². The van der Waals surface area contributed by atoms with E-state index in [1.165, 1.54) is 20.9 Å². The molecule has 2 unspecified atom stereocenters. The van der Waals surface area contributed by atoms with E-state index in [-0.39, 0.29) is 0 Å². The van der Waals surface area contributed by atoms with Gasteiger partial charge in [-0.3, -0.25) is 4.98 Å². The number of rotatable bonds is 2. The van der Waals surface area contributed by atoms with Crippen LogP contribution in [0, 0.1) is 0 Å². The van der Waals surface area contributed by atoms with Gasteiger partial charge in [0.2, 0.25) is 0 Å². The second-order valence-electron chi connectivity index (χ2n) is 9.47. The number of H-pyrrole nitrogens is 2. The Balaban J connectivity index is 1.56. The van der Waals surface area contributed by atoms with Gasteiger partial charge in [-0.2, -0.15) is 0 Å². The van der Waals surface area contributed by atoms with E-state index in [1.807, 2.05) is 0 Å². The first-order valence-electron chi connectivity index (χ1n) is 12.1. The van der Waals surface area contributed by atoms with E-state index in [2.05, 4.69) is 107 Å². The highest BCUT2D eigenvalue weighted by molar-refractivity contribution is 7.13. The summed E-state index contributed by atoms with van der Waals surface area (Å²) in [5, 5.41) is 4.25. The van der Waals surface area contributed by atoms with Gasteiger partial charge in [-0.1, -0.05) is 26.0 Å². The zero-order chi connectivity index (χ0) is 24.2. The van der Waals surface area contributed by atoms with Crippen molar-refractivity contribution in [3.63, 3.8) is 0 Å². The molecule has 4 nitrogen and oxygen atoms in total. The topological polar surface area (TPSA) is 57.4 Å². The number of fused-ring (bicyclic) bond motifs is 8. The monoisotopic (exact) mass is 504 g/mol. The molecular formula is C30H24N4S2. The highest BCUT2D eigenvalue weighted by Crippen LogP contribution is 2.38. The van der Waals surface area contributed by atoms with Gasteiger partial charge >= 0.3 is 0 Å². The molecule has 0 spiro atoms. The van der Waals surface area contributed by atoms with Gasteiger partial charge in [0.05, 0.1) is 11.4 Å². The molecule has 0 radical (unpaired) electrons. The third kappa shape index (κ3) is 3.74. The van der Waals surface area contributed by atoms with Crippen molar-refractivity contribution in [2.24, 2.45) is 0 Å². The molecule has 2 aliphatic rings. The number of nitrogens with zero attached hydrogens (tertiary/aromatic N) is 2. The molecule has 36 heavy (non-hydrogen) atoms. The fraction of sp³-hybridized carbons (Fsp3) is 0.133. The van der Waals surface area contributed by atoms with Gasteiger partial charge in [-0.05, 0) is 71.4 Å². The molecular weight excluding hydrogens is 480 g/mol. The van der Waals surface area contributed by atoms with Crippen LogP contribution in [-0.4, -0.2) is 19.9 Å². The summed E-state index contributed by atoms with van der Waals surface area (Å²) in [5.41, 5.74) is 10.7. The molecule has 0 aromatic carbocycles. The molecule has 5 aromatic rings. The normalized spacial score (nSPS) is 17.1. The molecule has 0 saturated carbocycles. The van der Waals surface area contributed by atoms with Crippen molar-refractivity contribution in [3.8, 4) is 20.9 Å². The van der Waals surface area contributed by atoms with Gasteiger partial charge < -0.3 is 9.97 Å². The van der Waals surface area contributed by atoms with E-state index in [0.717, 1.165) is 44.8 Å². The van der Waals surface area contributed by atoms with E-state index in [4.69, 9.17) is 9.97 Å². The summed E-state index contributed by atoms with van der Waals surface area (Å²) in [6.45, 7) is 4.55. The Morgan fingerprint density at radius 1 is 0.639 bits per heavy atom. The number of thiophene rings is 2. The standard InChI is InChI=1S/C30H24N4S2/c1-17-18(2)26-16-28-24(30-6-4-10-36-30)12-21(32-28)11-19-7-8-20(31-19)14-27-23(29-5-3-9-35-29)13-22(33-27)15-25(17)34-26/h3-18,32-33H,1-2H3. The summed E-state index contributed by atoms with van der Waals surface area (Å²) in [6.07, 6.45) is 4.15. The molecule has 5 aromatic heterocycles. The predicted octanol–water partition coefficient (Wildman–Crippen LogP) is 8.85. The van der Waals surface area contributed by atoms with Gasteiger partial charge in [0.1, 0.15) is 0 Å². The van der Waals surface area contributed by atoms with E-state index in [0.29, 0.717) is 11.8 Å². The molecule has 0 aliphatic carbocycles. The number of nitrogens with one attached hydrogen (secondary N) is 2. The van der Waals surface area contributed by atoms with Crippen LogP contribution in [0.3, 0.4) is 0 Å². The van der Waals surface area contributed by atoms with Gasteiger partial charge in [-0.15, -0.1) is 22.7 Å². The van der Waals surface area contributed by atoms with Crippen molar-refractivity contribution in [2.75, 3.05) is 0 Å². The first-order chi connectivity index (χ1) is 17.6. The van der Waals surface area contributed by atoms with Crippen molar-refractivity contribution in [1.82, 2.24) is 19.9 Å². The average Bonchev–Trinajstić information content (AvgIpc) is 3.69. The lowest BCUT2D eigenvalue weighted by Gasteiger charge is -2.08. The maximum atomic E-state index is 5.13. The summed E-state index contributed by atoms with van der Waals surface area (Å²) in [5.74, 6) is 0.661. The van der Waals surface area contributed by atoms with Gasteiger partial charge in [0.25, 0.3) is 0 Å². The van der Waals surface area contributed by atoms with Crippen molar-refractivity contribution in [3.05, 3.63) is 94.2 Å². The SMILES string of the molecule is CC1c2cc3cc(-c4cccs4)c(cc4nc(cc5cc(-c6cccs6)c(cc(n2)C1C)[nH]5)C=C4)[nH]3. The Labute approximate surface area is 217 Å². The van der Waals surface area contributed by atoms with E-state index in [9.17, 15) is 0 Å². The van der Waals surface area contributed by atoms with Crippen LogP contribution in [0.25, 0.3) is 55.1 Å². The quantitative estimate of drug-likeness (QED) is 0.247. The number of aromatic amines is 2. The van der Waals surface area contributed by atoms with Crippen LogP contribution in [0.4, 0.5) is 0 Å². The van der Waals surface area contributed by atoms with Crippen LogP contribution >= 0.6 is 22.7 Å². The smallest absolute Gasteiger partial charge is 0.0658 e. The first kappa shape index (κ1) is 21.5. The Bertz CT molecular complexity index is 1770. The second-order valence-corrected chi connectivity index (χ2v) is 11.4. The van der Waals surface area contributed by atoms with Crippen LogP contribution < -0.4 is 0 Å². The Morgan fingerprint density at radius 3 is 1.81 bits per heavy atom.